The molecule has 0 aromatic carbocycles. The van der Waals surface area contributed by atoms with Gasteiger partial charge in [0.25, 0.3) is 0 Å². The van der Waals surface area contributed by atoms with E-state index in [2.05, 4.69) is 10.1 Å². The molecule has 4 aliphatic rings. The largest absolute Gasteiger partial charge is 0.524 e. The Kier molecular flexibility index (Phi) is 2.88. The number of rotatable bonds is 5. The van der Waals surface area contributed by atoms with E-state index in [-0.39, 0.29) is 23.9 Å². The van der Waals surface area contributed by atoms with E-state index >= 15 is 0 Å². The van der Waals surface area contributed by atoms with Crippen LogP contribution in [0.4, 0.5) is 13.2 Å². The van der Waals surface area contributed by atoms with Crippen LogP contribution in [0, 0.1) is 0 Å². The van der Waals surface area contributed by atoms with E-state index in [9.17, 15) is 18.0 Å². The lowest BCUT2D eigenvalue weighted by Crippen LogP contribution is -2.82. The number of halogens is 3. The number of hydrogen-bond donors (Lipinski definition) is 2. The molecule has 0 radical (unpaired) electrons. The van der Waals surface area contributed by atoms with Crippen LogP contribution in [0.15, 0.2) is 0 Å². The quantitative estimate of drug-likeness (QED) is 0.747. The average Bonchev–Trinajstić information content (AvgIpc) is 2.16. The number of carbonyl (C=O) groups is 1. The van der Waals surface area contributed by atoms with Crippen molar-refractivity contribution in [1.29, 1.82) is 0 Å². The third-order valence-electron chi connectivity index (χ3n) is 4.36. The highest BCUT2D eigenvalue weighted by Crippen LogP contribution is 2.58. The van der Waals surface area contributed by atoms with Crippen LogP contribution in [0.1, 0.15) is 38.5 Å². The molecule has 0 heterocycles. The lowest BCUT2D eigenvalue weighted by atomic mass is 9.44. The average molecular weight is 294 g/mol. The van der Waals surface area contributed by atoms with Crippen molar-refractivity contribution in [2.24, 2.45) is 5.73 Å². The van der Waals surface area contributed by atoms with Gasteiger partial charge in [-0.3, -0.25) is 9.53 Å². The minimum absolute atomic E-state index is 0.136. The van der Waals surface area contributed by atoms with E-state index in [1.54, 1.807) is 0 Å². The maximum Gasteiger partial charge on any atom is 0.524 e. The van der Waals surface area contributed by atoms with E-state index < -0.39 is 24.7 Å². The molecule has 0 atom stereocenters. The number of nitrogens with one attached hydrogen (secondary N) is 1. The first-order chi connectivity index (χ1) is 9.14. The Balaban J connectivity index is 1.45. The highest BCUT2D eigenvalue weighted by atomic mass is 19.4. The minimum atomic E-state index is -4.75. The molecule has 4 fully saturated rings. The fourth-order valence-corrected chi connectivity index (χ4v) is 3.48. The first-order valence-corrected chi connectivity index (χ1v) is 6.64. The fourth-order valence-electron chi connectivity index (χ4n) is 3.48. The molecule has 4 saturated carbocycles. The number of hydrogen-bond acceptors (Lipinski definition) is 4. The number of alkyl halides is 3. The molecule has 4 aliphatic carbocycles. The van der Waals surface area contributed by atoms with Crippen LogP contribution in [0.2, 0.25) is 0 Å². The molecule has 2 bridgehead atoms. The van der Waals surface area contributed by atoms with Crippen molar-refractivity contribution in [2.75, 3.05) is 6.61 Å². The van der Waals surface area contributed by atoms with Crippen molar-refractivity contribution in [1.82, 2.24) is 5.32 Å². The summed E-state index contributed by atoms with van der Waals surface area (Å²) in [7, 11) is 0. The Morgan fingerprint density at radius 3 is 2.25 bits per heavy atom. The van der Waals surface area contributed by atoms with Gasteiger partial charge < -0.3 is 15.8 Å². The van der Waals surface area contributed by atoms with Crippen molar-refractivity contribution in [3.63, 3.8) is 0 Å². The van der Waals surface area contributed by atoms with Gasteiger partial charge in [-0.05, 0) is 25.7 Å². The molecule has 1 amide bonds. The highest BCUT2D eigenvalue weighted by Gasteiger charge is 2.66. The van der Waals surface area contributed by atoms with Crippen LogP contribution >= 0.6 is 0 Å². The topological polar surface area (TPSA) is 73.6 Å². The third kappa shape index (κ3) is 2.51. The zero-order chi connectivity index (χ0) is 14.6. The van der Waals surface area contributed by atoms with Crippen molar-refractivity contribution >= 4 is 5.91 Å². The van der Waals surface area contributed by atoms with Crippen LogP contribution in [-0.2, 0) is 14.3 Å². The molecule has 0 aromatic rings. The molecular weight excluding hydrogens is 277 g/mol. The number of nitrogens with two attached hydrogens (primary N) is 1. The van der Waals surface area contributed by atoms with Crippen LogP contribution < -0.4 is 11.1 Å². The molecule has 0 spiro atoms. The Bertz CT molecular complexity index is 414. The van der Waals surface area contributed by atoms with Gasteiger partial charge >= 0.3 is 6.36 Å². The molecule has 0 unspecified atom stereocenters. The second-order valence-electron chi connectivity index (χ2n) is 6.32. The van der Waals surface area contributed by atoms with Gasteiger partial charge in [-0.2, -0.15) is 0 Å². The Hall–Kier alpha value is -0.860. The minimum Gasteiger partial charge on any atom is -0.348 e. The first-order valence-electron chi connectivity index (χ1n) is 6.64. The van der Waals surface area contributed by atoms with Crippen molar-refractivity contribution in [3.8, 4) is 0 Å². The summed E-state index contributed by atoms with van der Waals surface area (Å²) >= 11 is 0. The van der Waals surface area contributed by atoms with E-state index in [4.69, 9.17) is 10.5 Å². The predicted molar refractivity (Wildman–Crippen MR) is 61.3 cm³/mol. The first kappa shape index (κ1) is 14.1. The van der Waals surface area contributed by atoms with E-state index in [1.807, 2.05) is 0 Å². The number of amides is 1. The lowest BCUT2D eigenvalue weighted by Gasteiger charge is -2.68. The smallest absolute Gasteiger partial charge is 0.348 e. The summed E-state index contributed by atoms with van der Waals surface area (Å²) in [5.74, 6) is -2.09. The zero-order valence-corrected chi connectivity index (χ0v) is 10.9. The van der Waals surface area contributed by atoms with Gasteiger partial charge in [-0.25, -0.2) is 0 Å². The van der Waals surface area contributed by atoms with Crippen molar-refractivity contribution in [2.45, 2.75) is 61.8 Å². The molecule has 3 N–H and O–H groups in total. The van der Waals surface area contributed by atoms with E-state index in [1.165, 1.54) is 0 Å². The lowest BCUT2D eigenvalue weighted by molar-refractivity contribution is -0.432. The van der Waals surface area contributed by atoms with Crippen molar-refractivity contribution < 1.29 is 27.4 Å². The molecular formula is C12H17F3N2O3. The van der Waals surface area contributed by atoms with Gasteiger partial charge in [0, 0.05) is 23.9 Å². The summed E-state index contributed by atoms with van der Waals surface area (Å²) in [4.78, 5) is 11.7. The van der Waals surface area contributed by atoms with Gasteiger partial charge in [0.05, 0.1) is 0 Å². The molecule has 4 rings (SSSR count). The predicted octanol–water partition coefficient (Wildman–Crippen LogP) is 1.17. The molecule has 5 nitrogen and oxygen atoms in total. The second kappa shape index (κ2) is 4.08. The van der Waals surface area contributed by atoms with Gasteiger partial charge in [-0.15, -0.1) is 13.2 Å². The molecule has 0 aromatic heterocycles. The summed E-state index contributed by atoms with van der Waals surface area (Å²) in [6, 6.07) is 0. The number of carbonyl (C=O) groups excluding carboxylic acids is 1. The standard InChI is InChI=1S/C12H17F3N2O3/c13-12(14,15)20-11(2-1-3-11)19-4-8(18)17-10-5-9(16,6-10)7-10/h1-7,16H2,(H,17,18). The summed E-state index contributed by atoms with van der Waals surface area (Å²) in [5, 5.41) is 2.79. The summed E-state index contributed by atoms with van der Waals surface area (Å²) < 4.78 is 45.9. The Morgan fingerprint density at radius 1 is 1.25 bits per heavy atom. The van der Waals surface area contributed by atoms with Gasteiger partial charge in [-0.1, -0.05) is 0 Å². The zero-order valence-electron chi connectivity index (χ0n) is 10.9. The monoisotopic (exact) mass is 294 g/mol. The number of ether oxygens (including phenoxy) is 2. The third-order valence-corrected chi connectivity index (χ3v) is 4.36. The SMILES string of the molecule is NC12CC(NC(=O)COC3(OC(F)(F)F)CCC3)(C1)C2. The second-order valence-corrected chi connectivity index (χ2v) is 6.32. The molecule has 8 heteroatoms. The van der Waals surface area contributed by atoms with Gasteiger partial charge in [0.2, 0.25) is 5.91 Å². The van der Waals surface area contributed by atoms with Crippen LogP contribution in [0.25, 0.3) is 0 Å². The normalized spacial score (nSPS) is 37.4. The fraction of sp³-hybridized carbons (Fsp3) is 0.917. The maximum atomic E-state index is 12.3. The molecule has 20 heavy (non-hydrogen) atoms. The maximum absolute atomic E-state index is 12.3. The highest BCUT2D eigenvalue weighted by molar-refractivity contribution is 5.79. The Morgan fingerprint density at radius 2 is 1.85 bits per heavy atom. The van der Waals surface area contributed by atoms with Crippen molar-refractivity contribution in [3.05, 3.63) is 0 Å². The van der Waals surface area contributed by atoms with E-state index in [0.717, 1.165) is 19.3 Å². The molecule has 0 aliphatic heterocycles. The molecule has 114 valence electrons. The van der Waals surface area contributed by atoms with Gasteiger partial charge in [0.15, 0.2) is 5.79 Å². The molecule has 0 saturated heterocycles. The van der Waals surface area contributed by atoms with Crippen LogP contribution in [-0.4, -0.2) is 35.7 Å². The van der Waals surface area contributed by atoms with E-state index in [0.29, 0.717) is 6.42 Å². The van der Waals surface area contributed by atoms with Crippen LogP contribution in [0.3, 0.4) is 0 Å². The van der Waals surface area contributed by atoms with Gasteiger partial charge in [0.1, 0.15) is 6.61 Å². The Labute approximate surface area is 114 Å². The summed E-state index contributed by atoms with van der Waals surface area (Å²) in [6.07, 6.45) is -1.66. The van der Waals surface area contributed by atoms with Crippen LogP contribution in [0.5, 0.6) is 0 Å². The summed E-state index contributed by atoms with van der Waals surface area (Å²) in [6.45, 7) is -0.421. The summed E-state index contributed by atoms with van der Waals surface area (Å²) in [5.41, 5.74) is 5.48.